The van der Waals surface area contributed by atoms with Crippen molar-refractivity contribution in [1.29, 1.82) is 0 Å². The summed E-state index contributed by atoms with van der Waals surface area (Å²) in [6.45, 7) is 0.746. The number of hydrogen-bond donors (Lipinski definition) is 0. The normalized spacial score (nSPS) is 20.7. The number of sulfonamides is 1. The van der Waals surface area contributed by atoms with Gasteiger partial charge in [-0.15, -0.1) is 0 Å². The van der Waals surface area contributed by atoms with Crippen molar-refractivity contribution in [3.8, 4) is 17.1 Å². The predicted octanol–water partition coefficient (Wildman–Crippen LogP) is 1.78. The van der Waals surface area contributed by atoms with Crippen LogP contribution in [0.4, 0.5) is 4.39 Å². The second-order valence-corrected chi connectivity index (χ2v) is 8.66. The van der Waals surface area contributed by atoms with E-state index in [1.54, 1.807) is 18.5 Å². The molecule has 0 saturated carbocycles. The number of methoxy groups -OCH3 is 1. The first kappa shape index (κ1) is 18.8. The van der Waals surface area contributed by atoms with E-state index in [-0.39, 0.29) is 17.7 Å². The summed E-state index contributed by atoms with van der Waals surface area (Å²) in [6.07, 6.45) is 3.42. The third kappa shape index (κ3) is 3.60. The van der Waals surface area contributed by atoms with Gasteiger partial charge in [0.2, 0.25) is 10.0 Å². The molecule has 2 aromatic rings. The third-order valence-corrected chi connectivity index (χ3v) is 6.54. The number of halogens is 1. The van der Waals surface area contributed by atoms with E-state index >= 15 is 0 Å². The lowest BCUT2D eigenvalue weighted by atomic mass is 10.1. The Labute approximate surface area is 152 Å². The van der Waals surface area contributed by atoms with Gasteiger partial charge in [0.25, 0.3) is 0 Å². The molecule has 0 unspecified atom stereocenters. The molecule has 0 aliphatic carbocycles. The Kier molecular flexibility index (Phi) is 5.31. The van der Waals surface area contributed by atoms with Crippen molar-refractivity contribution in [3.63, 3.8) is 0 Å². The van der Waals surface area contributed by atoms with Gasteiger partial charge in [0.05, 0.1) is 37.7 Å². The van der Waals surface area contributed by atoms with Crippen molar-refractivity contribution in [1.82, 2.24) is 13.9 Å². The van der Waals surface area contributed by atoms with Gasteiger partial charge < -0.3 is 14.0 Å². The Bertz CT molecular complexity index is 882. The fourth-order valence-corrected chi connectivity index (χ4v) is 4.27. The highest BCUT2D eigenvalue weighted by molar-refractivity contribution is 7.89. The van der Waals surface area contributed by atoms with Crippen LogP contribution in [0.2, 0.25) is 0 Å². The smallest absolute Gasteiger partial charge is 0.214 e. The number of ether oxygens (including phenoxy) is 2. The minimum Gasteiger partial charge on any atom is -0.496 e. The average molecular weight is 383 g/mol. The molecular formula is C17H22FN3O4S. The summed E-state index contributed by atoms with van der Waals surface area (Å²) in [7, 11) is 1.15. The van der Waals surface area contributed by atoms with Crippen LogP contribution >= 0.6 is 0 Å². The van der Waals surface area contributed by atoms with E-state index in [0.717, 1.165) is 0 Å². The highest BCUT2D eigenvalue weighted by Crippen LogP contribution is 2.35. The van der Waals surface area contributed by atoms with Crippen LogP contribution in [0.5, 0.6) is 5.75 Å². The number of imidazole rings is 1. The molecule has 7 nitrogen and oxygen atoms in total. The van der Waals surface area contributed by atoms with Crippen molar-refractivity contribution < 1.29 is 22.3 Å². The molecule has 1 aromatic heterocycles. The van der Waals surface area contributed by atoms with Crippen LogP contribution in [0.1, 0.15) is 6.04 Å². The maximum atomic E-state index is 13.5. The molecule has 26 heavy (non-hydrogen) atoms. The summed E-state index contributed by atoms with van der Waals surface area (Å²) >= 11 is 0. The monoisotopic (exact) mass is 383 g/mol. The predicted molar refractivity (Wildman–Crippen MR) is 95.0 cm³/mol. The van der Waals surface area contributed by atoms with E-state index in [0.29, 0.717) is 30.4 Å². The first-order valence-corrected chi connectivity index (χ1v) is 9.79. The van der Waals surface area contributed by atoms with Crippen LogP contribution in [0.15, 0.2) is 30.6 Å². The Balaban J connectivity index is 1.95. The SMILES string of the molecule is COc1cc(F)ccc1-c1nccn1[C@@H]1COC[C@H]1CS(=O)(=O)N(C)C. The first-order chi connectivity index (χ1) is 12.3. The molecule has 0 spiro atoms. The van der Waals surface area contributed by atoms with Gasteiger partial charge in [-0.1, -0.05) is 0 Å². The van der Waals surface area contributed by atoms with Gasteiger partial charge in [0.15, 0.2) is 0 Å². The molecule has 2 atom stereocenters. The van der Waals surface area contributed by atoms with Crippen molar-refractivity contribution >= 4 is 10.0 Å². The van der Waals surface area contributed by atoms with E-state index in [4.69, 9.17) is 9.47 Å². The van der Waals surface area contributed by atoms with E-state index in [1.165, 1.54) is 37.6 Å². The molecule has 0 radical (unpaired) electrons. The van der Waals surface area contributed by atoms with Crippen molar-refractivity contribution in [2.75, 3.05) is 40.2 Å². The van der Waals surface area contributed by atoms with E-state index in [1.807, 2.05) is 4.57 Å². The molecule has 3 rings (SSSR count). The van der Waals surface area contributed by atoms with Crippen LogP contribution in [-0.4, -0.2) is 62.4 Å². The van der Waals surface area contributed by atoms with Crippen molar-refractivity contribution in [3.05, 3.63) is 36.4 Å². The van der Waals surface area contributed by atoms with Gasteiger partial charge in [-0.2, -0.15) is 0 Å². The molecule has 142 valence electrons. The lowest BCUT2D eigenvalue weighted by molar-refractivity contribution is 0.182. The number of nitrogens with zero attached hydrogens (tertiary/aromatic N) is 3. The van der Waals surface area contributed by atoms with Gasteiger partial charge in [-0.05, 0) is 12.1 Å². The zero-order chi connectivity index (χ0) is 18.9. The first-order valence-electron chi connectivity index (χ1n) is 8.18. The molecule has 0 bridgehead atoms. The number of hydrogen-bond acceptors (Lipinski definition) is 5. The average Bonchev–Trinajstić information content (AvgIpc) is 3.22. The van der Waals surface area contributed by atoms with Gasteiger partial charge in [0, 0.05) is 38.5 Å². The van der Waals surface area contributed by atoms with Crippen LogP contribution in [-0.2, 0) is 14.8 Å². The molecule has 2 heterocycles. The molecule has 9 heteroatoms. The summed E-state index contributed by atoms with van der Waals surface area (Å²) in [5.74, 6) is 0.339. The molecule has 1 fully saturated rings. The fraction of sp³-hybridized carbons (Fsp3) is 0.471. The largest absolute Gasteiger partial charge is 0.496 e. The van der Waals surface area contributed by atoms with Gasteiger partial charge in [0.1, 0.15) is 17.4 Å². The standard InChI is InChI=1S/C17H22FN3O4S/c1-20(2)26(22,23)11-12-9-25-10-15(12)21-7-6-19-17(21)14-5-4-13(18)8-16(14)24-3/h4-8,12,15H,9-11H2,1-3H3/t12-,15+/m0/s1. The van der Waals surface area contributed by atoms with Crippen molar-refractivity contribution in [2.24, 2.45) is 5.92 Å². The maximum Gasteiger partial charge on any atom is 0.214 e. The second-order valence-electron chi connectivity index (χ2n) is 6.43. The molecule has 1 saturated heterocycles. The fourth-order valence-electron chi connectivity index (χ4n) is 3.11. The lowest BCUT2D eigenvalue weighted by Gasteiger charge is -2.23. The molecule has 1 aromatic carbocycles. The van der Waals surface area contributed by atoms with Crippen LogP contribution in [0.25, 0.3) is 11.4 Å². The summed E-state index contributed by atoms with van der Waals surface area (Å²) < 4.78 is 52.0. The molecule has 1 aliphatic heterocycles. The van der Waals surface area contributed by atoms with Crippen LogP contribution in [0.3, 0.4) is 0 Å². The summed E-state index contributed by atoms with van der Waals surface area (Å²) in [6, 6.07) is 4.06. The summed E-state index contributed by atoms with van der Waals surface area (Å²) in [5.41, 5.74) is 0.639. The van der Waals surface area contributed by atoms with Crippen LogP contribution < -0.4 is 4.74 Å². The maximum absolute atomic E-state index is 13.5. The molecule has 1 aliphatic rings. The minimum absolute atomic E-state index is 0.0111. The Morgan fingerprint density at radius 2 is 2.15 bits per heavy atom. The van der Waals surface area contributed by atoms with E-state index in [9.17, 15) is 12.8 Å². The highest BCUT2D eigenvalue weighted by Gasteiger charge is 2.35. The molecule has 0 amide bonds. The lowest BCUT2D eigenvalue weighted by Crippen LogP contribution is -2.32. The van der Waals surface area contributed by atoms with E-state index < -0.39 is 15.8 Å². The topological polar surface area (TPSA) is 73.7 Å². The zero-order valence-corrected chi connectivity index (χ0v) is 15.7. The minimum atomic E-state index is -3.36. The molecule has 0 N–H and O–H groups in total. The second kappa shape index (κ2) is 7.34. The van der Waals surface area contributed by atoms with E-state index in [2.05, 4.69) is 4.98 Å². The van der Waals surface area contributed by atoms with Crippen LogP contribution in [0, 0.1) is 11.7 Å². The number of rotatable bonds is 6. The summed E-state index contributed by atoms with van der Waals surface area (Å²) in [4.78, 5) is 4.38. The third-order valence-electron chi connectivity index (χ3n) is 4.58. The number of aromatic nitrogens is 2. The number of benzene rings is 1. The van der Waals surface area contributed by atoms with Gasteiger partial charge >= 0.3 is 0 Å². The zero-order valence-electron chi connectivity index (χ0n) is 14.9. The molecular weight excluding hydrogens is 361 g/mol. The highest BCUT2D eigenvalue weighted by atomic mass is 32.2. The van der Waals surface area contributed by atoms with Gasteiger partial charge in [-0.3, -0.25) is 0 Å². The Hall–Kier alpha value is -1.97. The quantitative estimate of drug-likeness (QED) is 0.760. The van der Waals surface area contributed by atoms with Crippen molar-refractivity contribution in [2.45, 2.75) is 6.04 Å². The summed E-state index contributed by atoms with van der Waals surface area (Å²) in [5, 5.41) is 0. The Morgan fingerprint density at radius 1 is 1.38 bits per heavy atom. The van der Waals surface area contributed by atoms with Gasteiger partial charge in [-0.25, -0.2) is 22.1 Å². The Morgan fingerprint density at radius 3 is 2.85 bits per heavy atom.